The average molecular weight is 319 g/mol. The van der Waals surface area contributed by atoms with Gasteiger partial charge in [-0.2, -0.15) is 0 Å². The minimum Gasteiger partial charge on any atom is -0.479 e. The number of carbonyl (C=O) groups is 1. The summed E-state index contributed by atoms with van der Waals surface area (Å²) in [6.45, 7) is 2.23. The van der Waals surface area contributed by atoms with Crippen LogP contribution in [0.2, 0.25) is 0 Å². The fraction of sp³-hybridized carbons (Fsp3) is 0.611. The largest absolute Gasteiger partial charge is 0.479 e. The molecule has 4 heteroatoms. The lowest BCUT2D eigenvalue weighted by Crippen LogP contribution is -2.47. The molecule has 1 fully saturated rings. The Morgan fingerprint density at radius 1 is 1.36 bits per heavy atom. The zero-order valence-corrected chi connectivity index (χ0v) is 14.0. The minimum atomic E-state index is -0.354. The molecule has 0 aromatic heterocycles. The van der Waals surface area contributed by atoms with Crippen molar-refractivity contribution in [3.63, 3.8) is 0 Å². The zero-order valence-electron chi connectivity index (χ0n) is 13.2. The molecule has 3 nitrogen and oxygen atoms in total. The number of hydrogen-bond acceptors (Lipinski definition) is 3. The van der Waals surface area contributed by atoms with Gasteiger partial charge in [-0.05, 0) is 37.3 Å². The third kappa shape index (κ3) is 3.60. The molecule has 3 atom stereocenters. The maximum atomic E-state index is 12.5. The molecule has 1 aromatic carbocycles. The van der Waals surface area contributed by atoms with Gasteiger partial charge in [0, 0.05) is 16.7 Å². The molecule has 0 spiro atoms. The van der Waals surface area contributed by atoms with Crippen LogP contribution in [0.1, 0.15) is 45.4 Å². The van der Waals surface area contributed by atoms with E-state index in [0.29, 0.717) is 17.7 Å². The normalized spacial score (nSPS) is 27.0. The van der Waals surface area contributed by atoms with Gasteiger partial charge in [0.05, 0.1) is 0 Å². The third-order valence-corrected chi connectivity index (χ3v) is 5.83. The molecular weight excluding hydrogens is 294 g/mol. The average Bonchev–Trinajstić information content (AvgIpc) is 2.99. The van der Waals surface area contributed by atoms with Crippen molar-refractivity contribution >= 4 is 17.7 Å². The van der Waals surface area contributed by atoms with Crippen LogP contribution in [0.5, 0.6) is 5.75 Å². The van der Waals surface area contributed by atoms with Gasteiger partial charge in [-0.25, -0.2) is 0 Å². The Morgan fingerprint density at radius 2 is 2.23 bits per heavy atom. The van der Waals surface area contributed by atoms with Gasteiger partial charge >= 0.3 is 0 Å². The number of para-hydroxylation sites is 1. The van der Waals surface area contributed by atoms with Crippen molar-refractivity contribution in [2.24, 2.45) is 5.92 Å². The highest BCUT2D eigenvalue weighted by Crippen LogP contribution is 2.35. The summed E-state index contributed by atoms with van der Waals surface area (Å²) in [5.41, 5.74) is 0. The Hall–Kier alpha value is -1.16. The van der Waals surface area contributed by atoms with Crippen LogP contribution in [0, 0.1) is 5.92 Å². The maximum Gasteiger partial charge on any atom is 0.262 e. The first-order valence-corrected chi connectivity index (χ1v) is 9.45. The molecule has 3 unspecified atom stereocenters. The molecule has 1 N–H and O–H groups in total. The Balaban J connectivity index is 1.56. The second-order valence-electron chi connectivity index (χ2n) is 6.31. The highest BCUT2D eigenvalue weighted by atomic mass is 32.2. The SMILES string of the molecule is CCCCC1CCCC1NC(=O)C1CSc2ccccc2O1. The number of thioether (sulfide) groups is 1. The van der Waals surface area contributed by atoms with Crippen LogP contribution in [-0.4, -0.2) is 23.8 Å². The fourth-order valence-corrected chi connectivity index (χ4v) is 4.45. The van der Waals surface area contributed by atoms with Crippen molar-refractivity contribution in [1.82, 2.24) is 5.32 Å². The van der Waals surface area contributed by atoms with Crippen LogP contribution >= 0.6 is 11.8 Å². The summed E-state index contributed by atoms with van der Waals surface area (Å²) in [5, 5.41) is 3.26. The van der Waals surface area contributed by atoms with E-state index in [1.165, 1.54) is 32.1 Å². The summed E-state index contributed by atoms with van der Waals surface area (Å²) in [5.74, 6) is 2.27. The number of benzene rings is 1. The Labute approximate surface area is 137 Å². The quantitative estimate of drug-likeness (QED) is 0.891. The van der Waals surface area contributed by atoms with Gasteiger partial charge in [-0.3, -0.25) is 4.79 Å². The van der Waals surface area contributed by atoms with Crippen LogP contribution in [0.3, 0.4) is 0 Å². The molecule has 120 valence electrons. The molecule has 1 aromatic rings. The first-order chi connectivity index (χ1) is 10.8. The molecule has 1 aliphatic heterocycles. The molecule has 1 amide bonds. The van der Waals surface area contributed by atoms with E-state index < -0.39 is 0 Å². The number of rotatable bonds is 5. The topological polar surface area (TPSA) is 38.3 Å². The van der Waals surface area contributed by atoms with E-state index in [1.807, 2.05) is 24.3 Å². The monoisotopic (exact) mass is 319 g/mol. The number of amides is 1. The molecule has 0 bridgehead atoms. The second kappa shape index (κ2) is 7.40. The van der Waals surface area contributed by atoms with Crippen molar-refractivity contribution in [2.75, 3.05) is 5.75 Å². The summed E-state index contributed by atoms with van der Waals surface area (Å²) >= 11 is 1.71. The van der Waals surface area contributed by atoms with Gasteiger partial charge in [0.25, 0.3) is 5.91 Å². The van der Waals surface area contributed by atoms with Crippen molar-refractivity contribution in [1.29, 1.82) is 0 Å². The van der Waals surface area contributed by atoms with Gasteiger partial charge in [0.15, 0.2) is 6.10 Å². The summed E-state index contributed by atoms with van der Waals surface area (Å²) in [6, 6.07) is 8.31. The Morgan fingerprint density at radius 3 is 3.09 bits per heavy atom. The number of carbonyl (C=O) groups excluding carboxylic acids is 1. The summed E-state index contributed by atoms with van der Waals surface area (Å²) in [6.07, 6.45) is 7.00. The molecule has 0 radical (unpaired) electrons. The Kier molecular flexibility index (Phi) is 5.29. The molecule has 0 saturated heterocycles. The van der Waals surface area contributed by atoms with Gasteiger partial charge in [-0.15, -0.1) is 11.8 Å². The van der Waals surface area contributed by atoms with Crippen LogP contribution in [0.25, 0.3) is 0 Å². The van der Waals surface area contributed by atoms with Gasteiger partial charge in [0.2, 0.25) is 0 Å². The molecular formula is C18H25NO2S. The number of hydrogen-bond donors (Lipinski definition) is 1. The van der Waals surface area contributed by atoms with Crippen LogP contribution in [-0.2, 0) is 4.79 Å². The first-order valence-electron chi connectivity index (χ1n) is 8.46. The molecule has 2 aliphatic rings. The van der Waals surface area contributed by atoms with Crippen LogP contribution < -0.4 is 10.1 Å². The highest BCUT2D eigenvalue weighted by molar-refractivity contribution is 7.99. The van der Waals surface area contributed by atoms with Crippen molar-refractivity contribution in [3.05, 3.63) is 24.3 Å². The summed E-state index contributed by atoms with van der Waals surface area (Å²) in [7, 11) is 0. The highest BCUT2D eigenvalue weighted by Gasteiger charge is 2.32. The van der Waals surface area contributed by atoms with E-state index in [4.69, 9.17) is 4.74 Å². The number of fused-ring (bicyclic) bond motifs is 1. The maximum absolute atomic E-state index is 12.5. The van der Waals surface area contributed by atoms with Crippen LogP contribution in [0.15, 0.2) is 29.2 Å². The lowest BCUT2D eigenvalue weighted by atomic mass is 9.96. The predicted octanol–water partition coefficient (Wildman–Crippen LogP) is 4.01. The van der Waals surface area contributed by atoms with E-state index in [0.717, 1.165) is 17.1 Å². The number of ether oxygens (including phenoxy) is 1. The van der Waals surface area contributed by atoms with Crippen molar-refractivity contribution < 1.29 is 9.53 Å². The standard InChI is InChI=1S/C18H25NO2S/c1-2-3-7-13-8-6-9-14(13)19-18(20)16-12-22-17-11-5-4-10-15(17)21-16/h4-5,10-11,13-14,16H,2-3,6-9,12H2,1H3,(H,19,20). The lowest BCUT2D eigenvalue weighted by Gasteiger charge is -2.27. The third-order valence-electron chi connectivity index (χ3n) is 4.72. The van der Waals surface area contributed by atoms with Gasteiger partial charge < -0.3 is 10.1 Å². The van der Waals surface area contributed by atoms with E-state index in [1.54, 1.807) is 11.8 Å². The molecule has 1 aliphatic carbocycles. The molecule has 1 saturated carbocycles. The van der Waals surface area contributed by atoms with Crippen molar-refractivity contribution in [3.8, 4) is 5.75 Å². The minimum absolute atomic E-state index is 0.0652. The summed E-state index contributed by atoms with van der Waals surface area (Å²) in [4.78, 5) is 13.7. The zero-order chi connectivity index (χ0) is 15.4. The first kappa shape index (κ1) is 15.7. The lowest BCUT2D eigenvalue weighted by molar-refractivity contribution is -0.128. The Bertz CT molecular complexity index is 520. The van der Waals surface area contributed by atoms with Crippen molar-refractivity contribution in [2.45, 2.75) is 62.5 Å². The van der Waals surface area contributed by atoms with E-state index >= 15 is 0 Å². The molecule has 22 heavy (non-hydrogen) atoms. The van der Waals surface area contributed by atoms with E-state index in [-0.39, 0.29) is 12.0 Å². The fourth-order valence-electron chi connectivity index (χ4n) is 3.46. The molecule has 1 heterocycles. The van der Waals surface area contributed by atoms with Gasteiger partial charge in [0.1, 0.15) is 5.75 Å². The smallest absolute Gasteiger partial charge is 0.262 e. The van der Waals surface area contributed by atoms with E-state index in [2.05, 4.69) is 12.2 Å². The number of unbranched alkanes of at least 4 members (excludes halogenated alkanes) is 1. The summed E-state index contributed by atoms with van der Waals surface area (Å²) < 4.78 is 5.89. The van der Waals surface area contributed by atoms with Gasteiger partial charge in [-0.1, -0.05) is 38.3 Å². The second-order valence-corrected chi connectivity index (χ2v) is 7.37. The number of nitrogens with one attached hydrogen (secondary N) is 1. The molecule has 3 rings (SSSR count). The predicted molar refractivity (Wildman–Crippen MR) is 90.4 cm³/mol. The van der Waals surface area contributed by atoms with E-state index in [9.17, 15) is 4.79 Å². The van der Waals surface area contributed by atoms with Crippen LogP contribution in [0.4, 0.5) is 0 Å².